The number of carbonyl (C=O) groups excluding carboxylic acids is 1. The van der Waals surface area contributed by atoms with E-state index in [1.807, 2.05) is 24.3 Å². The van der Waals surface area contributed by atoms with Crippen LogP contribution in [0, 0.1) is 11.7 Å². The topological polar surface area (TPSA) is 125 Å². The van der Waals surface area contributed by atoms with Crippen LogP contribution in [0.5, 0.6) is 0 Å². The van der Waals surface area contributed by atoms with Gasteiger partial charge >= 0.3 is 0 Å². The Labute approximate surface area is 228 Å². The molecule has 0 radical (unpaired) electrons. The van der Waals surface area contributed by atoms with Crippen LogP contribution in [-0.2, 0) is 4.79 Å². The fraction of sp³-hybridized carbons (Fsp3) is 0.200. The number of pyridine rings is 3. The van der Waals surface area contributed by atoms with E-state index < -0.39 is 5.82 Å². The zero-order valence-corrected chi connectivity index (χ0v) is 21.5. The molecule has 0 spiro atoms. The van der Waals surface area contributed by atoms with E-state index in [9.17, 15) is 4.79 Å². The van der Waals surface area contributed by atoms with Crippen molar-refractivity contribution in [3.05, 3.63) is 73.1 Å². The third kappa shape index (κ3) is 4.27. The monoisotopic (exact) mass is 532 g/mol. The van der Waals surface area contributed by atoms with Crippen LogP contribution in [0.15, 0.2) is 67.3 Å². The van der Waals surface area contributed by atoms with E-state index in [2.05, 4.69) is 35.5 Å². The highest BCUT2D eigenvalue weighted by Crippen LogP contribution is 2.35. The molecule has 10 heteroatoms. The second-order valence-corrected chi connectivity index (χ2v) is 10.1. The van der Waals surface area contributed by atoms with Crippen molar-refractivity contribution in [1.82, 2.24) is 35.1 Å². The molecule has 7 rings (SSSR count). The Morgan fingerprint density at radius 2 is 1.85 bits per heavy atom. The van der Waals surface area contributed by atoms with Crippen LogP contribution in [0.1, 0.15) is 32.1 Å². The van der Waals surface area contributed by atoms with Crippen molar-refractivity contribution in [2.75, 3.05) is 5.32 Å². The molecule has 1 aromatic carbocycles. The number of anilines is 1. The van der Waals surface area contributed by atoms with Gasteiger partial charge in [-0.15, -0.1) is 0 Å². The highest BCUT2D eigenvalue weighted by atomic mass is 19.1. The van der Waals surface area contributed by atoms with Crippen molar-refractivity contribution in [2.24, 2.45) is 5.92 Å². The minimum absolute atomic E-state index is 0.00357. The lowest BCUT2D eigenvalue weighted by atomic mass is 9.88. The first kappa shape index (κ1) is 24.1. The summed E-state index contributed by atoms with van der Waals surface area (Å²) in [5, 5.41) is 10.6. The van der Waals surface area contributed by atoms with E-state index in [4.69, 9.17) is 4.98 Å². The number of hydrogen-bond acceptors (Lipinski definition) is 6. The molecule has 1 saturated carbocycles. The van der Waals surface area contributed by atoms with E-state index in [0.717, 1.165) is 31.2 Å². The smallest absolute Gasteiger partial charge is 0.227 e. The Bertz CT molecular complexity index is 1860. The van der Waals surface area contributed by atoms with Gasteiger partial charge in [0.05, 0.1) is 34.0 Å². The molecule has 1 aliphatic carbocycles. The molecule has 0 aliphatic heterocycles. The maximum absolute atomic E-state index is 16.2. The van der Waals surface area contributed by atoms with Crippen molar-refractivity contribution in [3.63, 3.8) is 0 Å². The summed E-state index contributed by atoms with van der Waals surface area (Å²) in [6.07, 6.45) is 11.7. The highest BCUT2D eigenvalue weighted by Gasteiger charge is 2.23. The lowest BCUT2D eigenvalue weighted by molar-refractivity contribution is -0.120. The summed E-state index contributed by atoms with van der Waals surface area (Å²) in [4.78, 5) is 33.9. The lowest BCUT2D eigenvalue weighted by Crippen LogP contribution is -2.24. The molecule has 0 saturated heterocycles. The van der Waals surface area contributed by atoms with Gasteiger partial charge in [-0.1, -0.05) is 25.3 Å². The van der Waals surface area contributed by atoms with Crippen molar-refractivity contribution in [2.45, 2.75) is 32.1 Å². The first-order chi connectivity index (χ1) is 19.7. The third-order valence-corrected chi connectivity index (χ3v) is 7.49. The molecule has 0 atom stereocenters. The van der Waals surface area contributed by atoms with Gasteiger partial charge in [0.15, 0.2) is 5.82 Å². The second-order valence-electron chi connectivity index (χ2n) is 10.1. The molecule has 1 aliphatic rings. The number of H-pyrrole nitrogens is 2. The van der Waals surface area contributed by atoms with Crippen LogP contribution in [-0.4, -0.2) is 41.0 Å². The average Bonchev–Trinajstić information content (AvgIpc) is 3.63. The highest BCUT2D eigenvalue weighted by molar-refractivity contribution is 5.98. The first-order valence-electron chi connectivity index (χ1n) is 13.3. The summed E-state index contributed by atoms with van der Waals surface area (Å²) in [6, 6.07) is 12.6. The largest absolute Gasteiger partial charge is 0.336 e. The molecule has 40 heavy (non-hydrogen) atoms. The predicted octanol–water partition coefficient (Wildman–Crippen LogP) is 6.28. The third-order valence-electron chi connectivity index (χ3n) is 7.49. The van der Waals surface area contributed by atoms with Crippen molar-refractivity contribution in [1.29, 1.82) is 0 Å². The van der Waals surface area contributed by atoms with Gasteiger partial charge in [-0.05, 0) is 49.2 Å². The number of benzene rings is 1. The number of fused-ring (bicyclic) bond motifs is 2. The molecule has 0 unspecified atom stereocenters. The number of amides is 1. The molecule has 1 fully saturated rings. The normalized spacial score (nSPS) is 14.1. The second kappa shape index (κ2) is 9.96. The van der Waals surface area contributed by atoms with Crippen LogP contribution in [0.3, 0.4) is 0 Å². The van der Waals surface area contributed by atoms with Gasteiger partial charge in [-0.25, -0.2) is 9.37 Å². The minimum Gasteiger partial charge on any atom is -0.336 e. The summed E-state index contributed by atoms with van der Waals surface area (Å²) in [5.41, 5.74) is 5.02. The Morgan fingerprint density at radius 3 is 2.70 bits per heavy atom. The number of halogens is 1. The quantitative estimate of drug-likeness (QED) is 0.240. The van der Waals surface area contributed by atoms with Gasteiger partial charge in [0.1, 0.15) is 22.7 Å². The zero-order chi connectivity index (χ0) is 27.1. The summed E-state index contributed by atoms with van der Waals surface area (Å²) < 4.78 is 16.2. The Morgan fingerprint density at radius 1 is 0.950 bits per heavy atom. The Balaban J connectivity index is 1.26. The minimum atomic E-state index is -0.456. The number of aromatic nitrogens is 7. The molecule has 6 aromatic rings. The molecule has 0 bridgehead atoms. The van der Waals surface area contributed by atoms with Gasteiger partial charge in [0, 0.05) is 35.6 Å². The fourth-order valence-corrected chi connectivity index (χ4v) is 5.47. The van der Waals surface area contributed by atoms with Crippen molar-refractivity contribution in [3.8, 4) is 34.0 Å². The van der Waals surface area contributed by atoms with Crippen LogP contribution >= 0.6 is 0 Å². The van der Waals surface area contributed by atoms with Crippen molar-refractivity contribution >= 4 is 33.5 Å². The van der Waals surface area contributed by atoms with Gasteiger partial charge in [0.2, 0.25) is 5.91 Å². The molecule has 3 N–H and O–H groups in total. The molecular formula is C30H25FN8O. The van der Waals surface area contributed by atoms with Crippen molar-refractivity contribution < 1.29 is 9.18 Å². The SMILES string of the molecule is O=C(Nc1cncc(-c2ccc3[nH]nc(-c4nc5c(-c6ccccn6)nccc5[nH]4)c3c2F)c1)C1CCCCC1. The zero-order valence-electron chi connectivity index (χ0n) is 21.5. The van der Waals surface area contributed by atoms with Crippen LogP contribution in [0.25, 0.3) is 56.0 Å². The van der Waals surface area contributed by atoms with Gasteiger partial charge in [-0.3, -0.25) is 24.8 Å². The van der Waals surface area contributed by atoms with Crippen LogP contribution in [0.2, 0.25) is 0 Å². The molecule has 9 nitrogen and oxygen atoms in total. The van der Waals surface area contributed by atoms with Crippen LogP contribution < -0.4 is 5.32 Å². The molecule has 5 aromatic heterocycles. The van der Waals surface area contributed by atoms with E-state index >= 15 is 4.39 Å². The Hall–Kier alpha value is -4.99. The summed E-state index contributed by atoms with van der Waals surface area (Å²) in [6.45, 7) is 0. The number of carbonyl (C=O) groups is 1. The summed E-state index contributed by atoms with van der Waals surface area (Å²) in [5.74, 6) is -0.0382. The summed E-state index contributed by atoms with van der Waals surface area (Å²) in [7, 11) is 0. The number of rotatable bonds is 5. The van der Waals surface area contributed by atoms with E-state index in [1.54, 1.807) is 43.0 Å². The van der Waals surface area contributed by atoms with E-state index in [1.165, 1.54) is 6.42 Å². The lowest BCUT2D eigenvalue weighted by Gasteiger charge is -2.20. The molecular weight excluding hydrogens is 507 g/mol. The average molecular weight is 533 g/mol. The van der Waals surface area contributed by atoms with Gasteiger partial charge < -0.3 is 10.3 Å². The predicted molar refractivity (Wildman–Crippen MR) is 151 cm³/mol. The standard InChI is InChI=1S/C30H25FN8O/c31-25-20(18-14-19(16-32-15-18)35-30(40)17-6-2-1-3-7-17)9-10-21-24(25)28(39-38-21)29-36-23-11-13-34-26(27(23)37-29)22-8-4-5-12-33-22/h4-5,8-17H,1-3,6-7H2,(H,35,40)(H,36,37)(H,38,39). The number of aromatic amines is 2. The van der Waals surface area contributed by atoms with Crippen LogP contribution in [0.4, 0.5) is 10.1 Å². The number of nitrogens with one attached hydrogen (secondary N) is 3. The molecule has 1 amide bonds. The first-order valence-corrected chi connectivity index (χ1v) is 13.3. The van der Waals surface area contributed by atoms with E-state index in [0.29, 0.717) is 56.1 Å². The molecule has 198 valence electrons. The Kier molecular flexibility index (Phi) is 5.99. The maximum atomic E-state index is 16.2. The number of nitrogens with zero attached hydrogens (tertiary/aromatic N) is 5. The molecule has 5 heterocycles. The summed E-state index contributed by atoms with van der Waals surface area (Å²) >= 11 is 0. The number of imidazole rings is 1. The van der Waals surface area contributed by atoms with Gasteiger partial charge in [-0.2, -0.15) is 5.10 Å². The number of hydrogen-bond donors (Lipinski definition) is 3. The van der Waals surface area contributed by atoms with Gasteiger partial charge in [0.25, 0.3) is 0 Å². The fourth-order valence-electron chi connectivity index (χ4n) is 5.47. The maximum Gasteiger partial charge on any atom is 0.227 e. The van der Waals surface area contributed by atoms with E-state index in [-0.39, 0.29) is 11.8 Å².